The van der Waals surface area contributed by atoms with Gasteiger partial charge in [0.15, 0.2) is 0 Å². The van der Waals surface area contributed by atoms with Crippen LogP contribution in [-0.4, -0.2) is 78.0 Å². The molecule has 6 heteroatoms. The first-order valence-corrected chi connectivity index (χ1v) is 9.44. The van der Waals surface area contributed by atoms with Gasteiger partial charge in [0.1, 0.15) is 0 Å². The molecule has 2 saturated heterocycles. The fourth-order valence-corrected chi connectivity index (χ4v) is 3.37. The second-order valence-electron chi connectivity index (χ2n) is 7.82. The highest BCUT2D eigenvalue weighted by Gasteiger charge is 2.29. The lowest BCUT2D eigenvalue weighted by molar-refractivity contribution is -0.132. The van der Waals surface area contributed by atoms with Gasteiger partial charge in [0, 0.05) is 57.8 Å². The van der Waals surface area contributed by atoms with E-state index in [0.717, 1.165) is 25.9 Å². The van der Waals surface area contributed by atoms with Gasteiger partial charge in [0.05, 0.1) is 0 Å². The van der Waals surface area contributed by atoms with Gasteiger partial charge in [-0.25, -0.2) is 4.79 Å². The van der Waals surface area contributed by atoms with E-state index < -0.39 is 0 Å². The van der Waals surface area contributed by atoms with E-state index in [0.29, 0.717) is 44.6 Å². The van der Waals surface area contributed by atoms with Gasteiger partial charge in [-0.2, -0.15) is 0 Å². The number of nitrogens with one attached hydrogen (secondary N) is 1. The molecule has 0 saturated carbocycles. The van der Waals surface area contributed by atoms with Crippen LogP contribution in [0.25, 0.3) is 0 Å². The number of piperazine rings is 1. The Morgan fingerprint density at radius 1 is 1.00 bits per heavy atom. The minimum Gasteiger partial charge on any atom is -0.339 e. The summed E-state index contributed by atoms with van der Waals surface area (Å²) in [4.78, 5) is 30.7. The Morgan fingerprint density at radius 3 is 2.17 bits per heavy atom. The number of carbonyl (C=O) groups excluding carboxylic acids is 2. The van der Waals surface area contributed by atoms with Crippen LogP contribution in [0.4, 0.5) is 4.79 Å². The van der Waals surface area contributed by atoms with E-state index in [1.165, 1.54) is 0 Å². The lowest BCUT2D eigenvalue weighted by Crippen LogP contribution is -2.54. The monoisotopic (exact) mass is 338 g/mol. The Balaban J connectivity index is 1.70. The third-order valence-corrected chi connectivity index (χ3v) is 5.13. The summed E-state index contributed by atoms with van der Waals surface area (Å²) in [6.45, 7) is 13.3. The average molecular weight is 338 g/mol. The number of urea groups is 1. The predicted molar refractivity (Wildman–Crippen MR) is 95.9 cm³/mol. The van der Waals surface area contributed by atoms with E-state index >= 15 is 0 Å². The van der Waals surface area contributed by atoms with Crippen molar-refractivity contribution >= 4 is 11.9 Å². The maximum absolute atomic E-state index is 12.4. The normalized spacial score (nSPS) is 22.5. The molecule has 0 bridgehead atoms. The van der Waals surface area contributed by atoms with E-state index in [1.807, 2.05) is 9.80 Å². The van der Waals surface area contributed by atoms with Crippen LogP contribution in [0.5, 0.6) is 0 Å². The van der Waals surface area contributed by atoms with E-state index in [-0.39, 0.29) is 18.0 Å². The molecular weight excluding hydrogens is 304 g/mol. The third-order valence-electron chi connectivity index (χ3n) is 5.13. The summed E-state index contributed by atoms with van der Waals surface area (Å²) >= 11 is 0. The summed E-state index contributed by atoms with van der Waals surface area (Å²) in [6, 6.07) is 0.817. The standard InChI is InChI=1S/C18H34N4O2/c1-14(2)5-6-17(23)20-9-11-21(12-10-20)18(24)19-16-7-8-22(13-16)15(3)4/h14-16H,5-13H2,1-4H3,(H,19,24). The molecule has 2 aliphatic rings. The summed E-state index contributed by atoms with van der Waals surface area (Å²) in [7, 11) is 0. The highest BCUT2D eigenvalue weighted by Crippen LogP contribution is 2.13. The lowest BCUT2D eigenvalue weighted by atomic mass is 10.1. The second kappa shape index (κ2) is 8.70. The van der Waals surface area contributed by atoms with Crippen molar-refractivity contribution in [3.05, 3.63) is 0 Å². The van der Waals surface area contributed by atoms with E-state index in [1.54, 1.807) is 0 Å². The molecule has 1 atom stereocenters. The number of rotatable bonds is 5. The summed E-state index contributed by atoms with van der Waals surface area (Å²) in [5.41, 5.74) is 0. The van der Waals surface area contributed by atoms with Gasteiger partial charge < -0.3 is 15.1 Å². The molecule has 0 radical (unpaired) electrons. The molecule has 2 heterocycles. The molecule has 3 amide bonds. The van der Waals surface area contributed by atoms with Crippen molar-refractivity contribution < 1.29 is 9.59 Å². The van der Waals surface area contributed by atoms with Gasteiger partial charge in [-0.05, 0) is 32.6 Å². The van der Waals surface area contributed by atoms with Gasteiger partial charge >= 0.3 is 6.03 Å². The molecule has 0 spiro atoms. The minimum absolute atomic E-state index is 0.0277. The number of likely N-dealkylation sites (tertiary alicyclic amines) is 1. The molecule has 138 valence electrons. The second-order valence-corrected chi connectivity index (χ2v) is 7.82. The van der Waals surface area contributed by atoms with Crippen molar-refractivity contribution in [2.24, 2.45) is 5.92 Å². The molecule has 2 rings (SSSR count). The number of amides is 3. The van der Waals surface area contributed by atoms with Crippen molar-refractivity contribution in [1.29, 1.82) is 0 Å². The lowest BCUT2D eigenvalue weighted by Gasteiger charge is -2.35. The summed E-state index contributed by atoms with van der Waals surface area (Å²) in [5.74, 6) is 0.782. The smallest absolute Gasteiger partial charge is 0.317 e. The first kappa shape index (κ1) is 19.0. The Bertz CT molecular complexity index is 431. The zero-order chi connectivity index (χ0) is 17.7. The molecule has 1 unspecified atom stereocenters. The summed E-state index contributed by atoms with van der Waals surface area (Å²) < 4.78 is 0. The molecule has 0 aromatic heterocycles. The van der Waals surface area contributed by atoms with E-state index in [9.17, 15) is 9.59 Å². The summed E-state index contributed by atoms with van der Waals surface area (Å²) in [6.07, 6.45) is 2.59. The van der Waals surface area contributed by atoms with Crippen LogP contribution in [-0.2, 0) is 4.79 Å². The Kier molecular flexibility index (Phi) is 6.90. The SMILES string of the molecule is CC(C)CCC(=O)N1CCN(C(=O)NC2CCN(C(C)C)C2)CC1. The van der Waals surface area contributed by atoms with Crippen LogP contribution in [0.3, 0.4) is 0 Å². The molecule has 2 fully saturated rings. The molecule has 1 N–H and O–H groups in total. The predicted octanol–water partition coefficient (Wildman–Crippen LogP) is 1.76. The quantitative estimate of drug-likeness (QED) is 0.831. The highest BCUT2D eigenvalue weighted by molar-refractivity contribution is 5.77. The van der Waals surface area contributed by atoms with E-state index in [2.05, 4.69) is 37.9 Å². The van der Waals surface area contributed by atoms with Crippen LogP contribution in [0.15, 0.2) is 0 Å². The number of carbonyl (C=O) groups is 2. The number of hydrogen-bond acceptors (Lipinski definition) is 3. The van der Waals surface area contributed by atoms with Gasteiger partial charge in [0.2, 0.25) is 5.91 Å². The molecule has 6 nitrogen and oxygen atoms in total. The molecule has 0 aliphatic carbocycles. The van der Waals surface area contributed by atoms with Crippen molar-refractivity contribution in [2.45, 2.75) is 59.0 Å². The van der Waals surface area contributed by atoms with Crippen molar-refractivity contribution in [3.8, 4) is 0 Å². The number of hydrogen-bond donors (Lipinski definition) is 1. The number of nitrogens with zero attached hydrogens (tertiary/aromatic N) is 3. The zero-order valence-corrected chi connectivity index (χ0v) is 15.8. The maximum atomic E-state index is 12.4. The third kappa shape index (κ3) is 5.36. The molecular formula is C18H34N4O2. The Morgan fingerprint density at radius 2 is 1.62 bits per heavy atom. The zero-order valence-electron chi connectivity index (χ0n) is 15.8. The van der Waals surface area contributed by atoms with Crippen LogP contribution >= 0.6 is 0 Å². The van der Waals surface area contributed by atoms with Crippen molar-refractivity contribution in [1.82, 2.24) is 20.0 Å². The highest BCUT2D eigenvalue weighted by atomic mass is 16.2. The summed E-state index contributed by atoms with van der Waals surface area (Å²) in [5, 5.41) is 3.16. The average Bonchev–Trinajstić information content (AvgIpc) is 3.01. The molecule has 2 aliphatic heterocycles. The van der Waals surface area contributed by atoms with Crippen LogP contribution in [0.1, 0.15) is 47.0 Å². The minimum atomic E-state index is 0.0277. The fourth-order valence-electron chi connectivity index (χ4n) is 3.37. The largest absolute Gasteiger partial charge is 0.339 e. The van der Waals surface area contributed by atoms with Gasteiger partial charge in [-0.15, -0.1) is 0 Å². The first-order chi connectivity index (χ1) is 11.4. The van der Waals surface area contributed by atoms with Crippen molar-refractivity contribution in [3.63, 3.8) is 0 Å². The van der Waals surface area contributed by atoms with Crippen LogP contribution < -0.4 is 5.32 Å². The van der Waals surface area contributed by atoms with Crippen molar-refractivity contribution in [2.75, 3.05) is 39.3 Å². The van der Waals surface area contributed by atoms with E-state index in [4.69, 9.17) is 0 Å². The Hall–Kier alpha value is -1.30. The van der Waals surface area contributed by atoms with Crippen LogP contribution in [0, 0.1) is 5.92 Å². The molecule has 24 heavy (non-hydrogen) atoms. The van der Waals surface area contributed by atoms with Crippen LogP contribution in [0.2, 0.25) is 0 Å². The van der Waals surface area contributed by atoms with Gasteiger partial charge in [-0.3, -0.25) is 9.69 Å². The van der Waals surface area contributed by atoms with Gasteiger partial charge in [0.25, 0.3) is 0 Å². The van der Waals surface area contributed by atoms with Gasteiger partial charge in [-0.1, -0.05) is 13.8 Å². The first-order valence-electron chi connectivity index (χ1n) is 9.44. The molecule has 0 aromatic carbocycles. The molecule has 0 aromatic rings. The maximum Gasteiger partial charge on any atom is 0.317 e. The fraction of sp³-hybridized carbons (Fsp3) is 0.889. The topological polar surface area (TPSA) is 55.9 Å². The Labute approximate surface area is 146 Å².